The van der Waals surface area contributed by atoms with Gasteiger partial charge in [-0.05, 0) is 55.2 Å². The Morgan fingerprint density at radius 1 is 1.06 bits per heavy atom. The standard InChI is InChI=1S/C24H31N3O4.HI/c1-3-25-23(26-15-18-5-4-6-20(13-18)28-2)27-16-24(9-11-29-12-10-24)19-7-8-21-22(14-19)31-17-30-21;/h4-8,13-14H,3,9-12,15-17H2,1-2H3,(H2,25,26,27);1H. The smallest absolute Gasteiger partial charge is 0.231 e. The van der Waals surface area contributed by atoms with Crippen LogP contribution in [0.2, 0.25) is 0 Å². The number of hydrogen-bond acceptors (Lipinski definition) is 5. The molecule has 0 bridgehead atoms. The molecule has 0 atom stereocenters. The fraction of sp³-hybridized carbons (Fsp3) is 0.458. The Morgan fingerprint density at radius 3 is 2.66 bits per heavy atom. The van der Waals surface area contributed by atoms with Crippen LogP contribution in [0.3, 0.4) is 0 Å². The second-order valence-corrected chi connectivity index (χ2v) is 7.86. The van der Waals surface area contributed by atoms with Gasteiger partial charge in [-0.25, -0.2) is 4.99 Å². The first-order valence-corrected chi connectivity index (χ1v) is 10.9. The average molecular weight is 553 g/mol. The molecule has 8 heteroatoms. The molecular formula is C24H32IN3O4. The first kappa shape index (κ1) is 24.4. The lowest BCUT2D eigenvalue weighted by Crippen LogP contribution is -2.48. The van der Waals surface area contributed by atoms with Crippen LogP contribution in [0.25, 0.3) is 0 Å². The van der Waals surface area contributed by atoms with E-state index < -0.39 is 0 Å². The second kappa shape index (κ2) is 11.6. The molecule has 2 aliphatic rings. The summed E-state index contributed by atoms with van der Waals surface area (Å²) in [6.07, 6.45) is 1.88. The molecule has 0 aromatic heterocycles. The molecule has 4 rings (SSSR count). The van der Waals surface area contributed by atoms with Gasteiger partial charge in [0.15, 0.2) is 17.5 Å². The van der Waals surface area contributed by atoms with Crippen molar-refractivity contribution in [2.45, 2.75) is 31.7 Å². The van der Waals surface area contributed by atoms with E-state index in [0.29, 0.717) is 6.54 Å². The lowest BCUT2D eigenvalue weighted by atomic mass is 9.74. The lowest BCUT2D eigenvalue weighted by molar-refractivity contribution is 0.0513. The van der Waals surface area contributed by atoms with E-state index in [0.717, 1.165) is 67.9 Å². The van der Waals surface area contributed by atoms with E-state index in [9.17, 15) is 0 Å². The molecule has 2 heterocycles. The van der Waals surface area contributed by atoms with Crippen LogP contribution in [0.4, 0.5) is 0 Å². The molecule has 1 fully saturated rings. The third-order valence-electron chi connectivity index (χ3n) is 5.93. The number of benzene rings is 2. The summed E-state index contributed by atoms with van der Waals surface area (Å²) in [5, 5.41) is 6.94. The largest absolute Gasteiger partial charge is 0.497 e. The van der Waals surface area contributed by atoms with Crippen LogP contribution >= 0.6 is 24.0 Å². The van der Waals surface area contributed by atoms with Crippen LogP contribution in [0, 0.1) is 0 Å². The Bertz CT molecular complexity index is 916. The minimum Gasteiger partial charge on any atom is -0.497 e. The van der Waals surface area contributed by atoms with Crippen molar-refractivity contribution in [2.75, 3.05) is 40.2 Å². The molecule has 2 N–H and O–H groups in total. The van der Waals surface area contributed by atoms with E-state index in [2.05, 4.69) is 35.8 Å². The molecule has 2 aromatic rings. The maximum absolute atomic E-state index is 5.68. The van der Waals surface area contributed by atoms with Gasteiger partial charge in [0.25, 0.3) is 0 Å². The van der Waals surface area contributed by atoms with E-state index in [4.69, 9.17) is 23.9 Å². The van der Waals surface area contributed by atoms with Crippen LogP contribution < -0.4 is 24.8 Å². The monoisotopic (exact) mass is 553 g/mol. The number of nitrogens with zero attached hydrogens (tertiary/aromatic N) is 1. The van der Waals surface area contributed by atoms with Crippen molar-refractivity contribution in [1.29, 1.82) is 0 Å². The van der Waals surface area contributed by atoms with Gasteiger partial charge >= 0.3 is 0 Å². The average Bonchev–Trinajstić information content (AvgIpc) is 3.30. The van der Waals surface area contributed by atoms with Crippen molar-refractivity contribution >= 4 is 29.9 Å². The minimum atomic E-state index is -0.0502. The molecule has 0 spiro atoms. The molecule has 0 aliphatic carbocycles. The molecule has 174 valence electrons. The van der Waals surface area contributed by atoms with Gasteiger partial charge in [-0.15, -0.1) is 24.0 Å². The number of fused-ring (bicyclic) bond motifs is 1. The number of hydrogen-bond donors (Lipinski definition) is 2. The molecule has 1 saturated heterocycles. The van der Waals surface area contributed by atoms with Crippen molar-refractivity contribution in [3.63, 3.8) is 0 Å². The Morgan fingerprint density at radius 2 is 1.88 bits per heavy atom. The van der Waals surface area contributed by atoms with Crippen LogP contribution in [0.1, 0.15) is 30.9 Å². The Hall–Kier alpha value is -2.20. The first-order valence-electron chi connectivity index (χ1n) is 10.9. The van der Waals surface area contributed by atoms with E-state index in [1.807, 2.05) is 24.3 Å². The highest BCUT2D eigenvalue weighted by Crippen LogP contribution is 2.40. The predicted octanol–water partition coefficient (Wildman–Crippen LogP) is 3.85. The highest BCUT2D eigenvalue weighted by Gasteiger charge is 2.35. The first-order chi connectivity index (χ1) is 15.2. The van der Waals surface area contributed by atoms with Gasteiger partial charge < -0.3 is 29.6 Å². The van der Waals surface area contributed by atoms with Gasteiger partial charge in [-0.3, -0.25) is 0 Å². The van der Waals surface area contributed by atoms with Crippen molar-refractivity contribution in [3.05, 3.63) is 53.6 Å². The van der Waals surface area contributed by atoms with Gasteiger partial charge in [0, 0.05) is 31.7 Å². The molecule has 0 amide bonds. The summed E-state index contributed by atoms with van der Waals surface area (Å²) in [7, 11) is 1.68. The maximum Gasteiger partial charge on any atom is 0.231 e. The number of nitrogens with one attached hydrogen (secondary N) is 2. The lowest BCUT2D eigenvalue weighted by Gasteiger charge is -2.38. The quantitative estimate of drug-likeness (QED) is 0.309. The second-order valence-electron chi connectivity index (χ2n) is 7.86. The number of methoxy groups -OCH3 is 1. The number of guanidine groups is 1. The zero-order valence-corrected chi connectivity index (χ0v) is 21.0. The summed E-state index contributed by atoms with van der Waals surface area (Å²) >= 11 is 0. The van der Waals surface area contributed by atoms with Crippen molar-refractivity contribution in [3.8, 4) is 17.2 Å². The van der Waals surface area contributed by atoms with Crippen LogP contribution in [0.5, 0.6) is 17.2 Å². The maximum atomic E-state index is 5.68. The van der Waals surface area contributed by atoms with Gasteiger partial charge in [-0.2, -0.15) is 0 Å². The van der Waals surface area contributed by atoms with Gasteiger partial charge in [0.2, 0.25) is 6.79 Å². The molecule has 0 saturated carbocycles. The SMILES string of the molecule is CCNC(=NCc1cccc(OC)c1)NCC1(c2ccc3c(c2)OCO3)CCOCC1.I. The molecular weight excluding hydrogens is 521 g/mol. The fourth-order valence-electron chi connectivity index (χ4n) is 4.09. The highest BCUT2D eigenvalue weighted by atomic mass is 127. The summed E-state index contributed by atoms with van der Waals surface area (Å²) in [4.78, 5) is 4.79. The molecule has 0 unspecified atom stereocenters. The molecule has 2 aliphatic heterocycles. The summed E-state index contributed by atoms with van der Waals surface area (Å²) in [6.45, 7) is 5.98. The van der Waals surface area contributed by atoms with Gasteiger partial charge in [0.1, 0.15) is 5.75 Å². The molecule has 7 nitrogen and oxygen atoms in total. The number of ether oxygens (including phenoxy) is 4. The van der Waals surface area contributed by atoms with E-state index in [1.165, 1.54) is 5.56 Å². The van der Waals surface area contributed by atoms with E-state index >= 15 is 0 Å². The Balaban J connectivity index is 0.00000289. The normalized spacial score (nSPS) is 16.8. The van der Waals surface area contributed by atoms with Gasteiger partial charge in [-0.1, -0.05) is 18.2 Å². The van der Waals surface area contributed by atoms with Crippen LogP contribution in [-0.4, -0.2) is 46.2 Å². The third kappa shape index (κ3) is 5.78. The molecule has 2 aromatic carbocycles. The fourth-order valence-corrected chi connectivity index (χ4v) is 4.09. The summed E-state index contributed by atoms with van der Waals surface area (Å²) < 4.78 is 22.1. The molecule has 32 heavy (non-hydrogen) atoms. The van der Waals surface area contributed by atoms with Crippen molar-refractivity contribution < 1.29 is 18.9 Å². The summed E-state index contributed by atoms with van der Waals surface area (Å²) in [5.41, 5.74) is 2.30. The zero-order chi connectivity index (χ0) is 21.5. The zero-order valence-electron chi connectivity index (χ0n) is 18.7. The number of aliphatic imine (C=N–C) groups is 1. The Labute approximate surface area is 206 Å². The number of halogens is 1. The van der Waals surface area contributed by atoms with Crippen molar-refractivity contribution in [1.82, 2.24) is 10.6 Å². The summed E-state index contributed by atoms with van der Waals surface area (Å²) in [6, 6.07) is 14.3. The van der Waals surface area contributed by atoms with Gasteiger partial charge in [0.05, 0.1) is 13.7 Å². The topological polar surface area (TPSA) is 73.3 Å². The minimum absolute atomic E-state index is 0. The highest BCUT2D eigenvalue weighted by molar-refractivity contribution is 14.0. The Kier molecular flexibility index (Phi) is 8.86. The predicted molar refractivity (Wildman–Crippen MR) is 136 cm³/mol. The van der Waals surface area contributed by atoms with E-state index in [1.54, 1.807) is 7.11 Å². The third-order valence-corrected chi connectivity index (χ3v) is 5.93. The van der Waals surface area contributed by atoms with Crippen LogP contribution in [0.15, 0.2) is 47.5 Å². The molecule has 0 radical (unpaired) electrons. The summed E-state index contributed by atoms with van der Waals surface area (Å²) in [5.74, 6) is 3.28. The van der Waals surface area contributed by atoms with Crippen LogP contribution in [-0.2, 0) is 16.7 Å². The van der Waals surface area contributed by atoms with E-state index in [-0.39, 0.29) is 36.2 Å². The van der Waals surface area contributed by atoms with Crippen molar-refractivity contribution in [2.24, 2.45) is 4.99 Å². The number of rotatable bonds is 7.